The molecule has 3 aliphatic rings. The first-order valence-electron chi connectivity index (χ1n) is 8.89. The van der Waals surface area contributed by atoms with E-state index in [1.165, 1.54) is 5.56 Å². The Kier molecular flexibility index (Phi) is 4.04. The molecule has 0 aromatic heterocycles. The van der Waals surface area contributed by atoms with Gasteiger partial charge in [0.25, 0.3) is 5.91 Å². The summed E-state index contributed by atoms with van der Waals surface area (Å²) in [5.74, 6) is 0.349. The molecule has 0 bridgehead atoms. The van der Waals surface area contributed by atoms with Crippen LogP contribution in [0.4, 0.5) is 0 Å². The molecule has 2 amide bonds. The molecular weight excluding hydrogens is 304 g/mol. The Bertz CT molecular complexity index is 633. The molecule has 0 unspecified atom stereocenters. The Balaban J connectivity index is 1.55. The van der Waals surface area contributed by atoms with Gasteiger partial charge in [-0.05, 0) is 24.8 Å². The molecule has 24 heavy (non-hydrogen) atoms. The normalized spacial score (nSPS) is 33.0. The van der Waals surface area contributed by atoms with Crippen molar-refractivity contribution in [2.45, 2.75) is 37.3 Å². The van der Waals surface area contributed by atoms with Crippen molar-refractivity contribution in [3.8, 4) is 0 Å². The molecule has 5 heteroatoms. The molecule has 3 fully saturated rings. The van der Waals surface area contributed by atoms with Gasteiger partial charge in [-0.1, -0.05) is 30.3 Å². The van der Waals surface area contributed by atoms with Gasteiger partial charge in [-0.3, -0.25) is 9.59 Å². The number of fused-ring (bicyclic) bond motifs is 1. The van der Waals surface area contributed by atoms with Crippen molar-refractivity contribution in [1.29, 1.82) is 0 Å². The van der Waals surface area contributed by atoms with Crippen LogP contribution in [0.5, 0.6) is 0 Å². The predicted octanol–water partition coefficient (Wildman–Crippen LogP) is 1.64. The fourth-order valence-corrected chi connectivity index (χ4v) is 4.54. The standard InChI is InChI=1S/C19H24N2O3/c1-20-12-16-15(18(20)22)8-5-10-21(16)19(23)17-14(9-11-24-17)13-6-3-2-4-7-13/h2-4,6-7,14-17H,5,8-12H2,1H3/t14-,15-,16-,17-/m1/s1. The largest absolute Gasteiger partial charge is 0.368 e. The maximum atomic E-state index is 13.2. The molecule has 4 rings (SSSR count). The molecule has 0 spiro atoms. The third-order valence-electron chi connectivity index (χ3n) is 5.78. The van der Waals surface area contributed by atoms with Gasteiger partial charge in [0.15, 0.2) is 0 Å². The van der Waals surface area contributed by atoms with E-state index in [1.807, 2.05) is 30.1 Å². The van der Waals surface area contributed by atoms with Crippen LogP contribution in [0.3, 0.4) is 0 Å². The Morgan fingerprint density at radius 1 is 1.17 bits per heavy atom. The number of amides is 2. The second kappa shape index (κ2) is 6.20. The highest BCUT2D eigenvalue weighted by Crippen LogP contribution is 2.36. The summed E-state index contributed by atoms with van der Waals surface area (Å²) in [5.41, 5.74) is 1.17. The molecule has 1 aromatic rings. The van der Waals surface area contributed by atoms with Gasteiger partial charge in [0.1, 0.15) is 6.10 Å². The highest BCUT2D eigenvalue weighted by atomic mass is 16.5. The van der Waals surface area contributed by atoms with Gasteiger partial charge in [-0.2, -0.15) is 0 Å². The van der Waals surface area contributed by atoms with Crippen LogP contribution in [0.25, 0.3) is 0 Å². The highest BCUT2D eigenvalue weighted by molar-refractivity contribution is 5.87. The zero-order valence-corrected chi connectivity index (χ0v) is 14.1. The van der Waals surface area contributed by atoms with E-state index in [1.54, 1.807) is 4.90 Å². The van der Waals surface area contributed by atoms with Gasteiger partial charge < -0.3 is 14.5 Å². The molecule has 128 valence electrons. The summed E-state index contributed by atoms with van der Waals surface area (Å²) in [6, 6.07) is 10.2. The molecular formula is C19H24N2O3. The van der Waals surface area contributed by atoms with Crippen molar-refractivity contribution in [1.82, 2.24) is 9.80 Å². The van der Waals surface area contributed by atoms with Gasteiger partial charge in [-0.15, -0.1) is 0 Å². The number of nitrogens with zero attached hydrogens (tertiary/aromatic N) is 2. The van der Waals surface area contributed by atoms with Crippen molar-refractivity contribution in [3.05, 3.63) is 35.9 Å². The summed E-state index contributed by atoms with van der Waals surface area (Å²) in [5, 5.41) is 0. The molecule has 0 aliphatic carbocycles. The lowest BCUT2D eigenvalue weighted by molar-refractivity contribution is -0.146. The quantitative estimate of drug-likeness (QED) is 0.829. The maximum Gasteiger partial charge on any atom is 0.252 e. The van der Waals surface area contributed by atoms with E-state index in [9.17, 15) is 9.59 Å². The molecule has 3 aliphatic heterocycles. The topological polar surface area (TPSA) is 49.9 Å². The number of carbonyl (C=O) groups is 2. The summed E-state index contributed by atoms with van der Waals surface area (Å²) in [4.78, 5) is 29.2. The minimum Gasteiger partial charge on any atom is -0.368 e. The van der Waals surface area contributed by atoms with Gasteiger partial charge in [-0.25, -0.2) is 0 Å². The van der Waals surface area contributed by atoms with Crippen molar-refractivity contribution < 1.29 is 14.3 Å². The van der Waals surface area contributed by atoms with Gasteiger partial charge in [0.2, 0.25) is 5.91 Å². The van der Waals surface area contributed by atoms with Crippen LogP contribution in [-0.2, 0) is 14.3 Å². The molecule has 3 saturated heterocycles. The summed E-state index contributed by atoms with van der Waals surface area (Å²) in [7, 11) is 1.84. The van der Waals surface area contributed by atoms with Gasteiger partial charge >= 0.3 is 0 Å². The fourth-order valence-electron chi connectivity index (χ4n) is 4.54. The van der Waals surface area contributed by atoms with E-state index in [2.05, 4.69) is 12.1 Å². The number of likely N-dealkylation sites (tertiary alicyclic amines) is 2. The second-order valence-electron chi connectivity index (χ2n) is 7.16. The highest BCUT2D eigenvalue weighted by Gasteiger charge is 2.48. The fraction of sp³-hybridized carbons (Fsp3) is 0.579. The minimum atomic E-state index is -0.410. The smallest absolute Gasteiger partial charge is 0.252 e. The lowest BCUT2D eigenvalue weighted by atomic mass is 9.88. The Morgan fingerprint density at radius 2 is 1.96 bits per heavy atom. The number of rotatable bonds is 2. The number of hydrogen-bond acceptors (Lipinski definition) is 3. The molecule has 0 N–H and O–H groups in total. The van der Waals surface area contributed by atoms with Crippen molar-refractivity contribution in [2.24, 2.45) is 5.92 Å². The van der Waals surface area contributed by atoms with Gasteiger partial charge in [0.05, 0.1) is 12.0 Å². The third kappa shape index (κ3) is 2.51. The third-order valence-corrected chi connectivity index (χ3v) is 5.78. The molecule has 1 aromatic carbocycles. The van der Waals surface area contributed by atoms with E-state index in [-0.39, 0.29) is 29.7 Å². The van der Waals surface area contributed by atoms with E-state index < -0.39 is 6.10 Å². The number of carbonyl (C=O) groups excluding carboxylic acids is 2. The Morgan fingerprint density at radius 3 is 2.75 bits per heavy atom. The first-order valence-corrected chi connectivity index (χ1v) is 8.89. The van der Waals surface area contributed by atoms with Crippen LogP contribution >= 0.6 is 0 Å². The summed E-state index contributed by atoms with van der Waals surface area (Å²) < 4.78 is 5.85. The van der Waals surface area contributed by atoms with Crippen LogP contribution in [0.1, 0.15) is 30.7 Å². The van der Waals surface area contributed by atoms with Crippen LogP contribution < -0.4 is 0 Å². The SMILES string of the molecule is CN1C[C@@H]2[C@@H](CCCN2C(=O)[C@@H]2OCC[C@@H]2c2ccccc2)C1=O. The van der Waals surface area contributed by atoms with Crippen LogP contribution in [-0.4, -0.2) is 60.5 Å². The van der Waals surface area contributed by atoms with Gasteiger partial charge in [0, 0.05) is 32.7 Å². The first-order chi connectivity index (χ1) is 11.7. The van der Waals surface area contributed by atoms with E-state index >= 15 is 0 Å². The lowest BCUT2D eigenvalue weighted by Crippen LogP contribution is -2.52. The summed E-state index contributed by atoms with van der Waals surface area (Å²) in [6.07, 6.45) is 2.26. The Hall–Kier alpha value is -1.88. The first kappa shape index (κ1) is 15.6. The maximum absolute atomic E-state index is 13.2. The summed E-state index contributed by atoms with van der Waals surface area (Å²) >= 11 is 0. The van der Waals surface area contributed by atoms with Crippen molar-refractivity contribution in [3.63, 3.8) is 0 Å². The monoisotopic (exact) mass is 328 g/mol. The Labute approximate surface area is 142 Å². The number of piperidine rings is 1. The molecule has 0 saturated carbocycles. The molecule has 0 radical (unpaired) electrons. The van der Waals surface area contributed by atoms with E-state index in [0.717, 1.165) is 25.8 Å². The molecule has 4 atom stereocenters. The number of hydrogen-bond donors (Lipinski definition) is 0. The van der Waals surface area contributed by atoms with Crippen molar-refractivity contribution in [2.75, 3.05) is 26.7 Å². The number of ether oxygens (including phenoxy) is 1. The van der Waals surface area contributed by atoms with E-state index in [0.29, 0.717) is 13.2 Å². The zero-order chi connectivity index (χ0) is 16.7. The molecule has 5 nitrogen and oxygen atoms in total. The average Bonchev–Trinajstić information content (AvgIpc) is 3.21. The van der Waals surface area contributed by atoms with Crippen LogP contribution in [0, 0.1) is 5.92 Å². The minimum absolute atomic E-state index is 0.0179. The number of likely N-dealkylation sites (N-methyl/N-ethyl adjacent to an activating group) is 1. The zero-order valence-electron chi connectivity index (χ0n) is 14.1. The molecule has 3 heterocycles. The lowest BCUT2D eigenvalue weighted by Gasteiger charge is -2.38. The average molecular weight is 328 g/mol. The van der Waals surface area contributed by atoms with Crippen LogP contribution in [0.2, 0.25) is 0 Å². The second-order valence-corrected chi connectivity index (χ2v) is 7.16. The summed E-state index contributed by atoms with van der Waals surface area (Å²) in [6.45, 7) is 2.01. The van der Waals surface area contributed by atoms with Crippen molar-refractivity contribution >= 4 is 11.8 Å². The predicted molar refractivity (Wildman–Crippen MR) is 89.4 cm³/mol. The number of benzene rings is 1. The van der Waals surface area contributed by atoms with Crippen LogP contribution in [0.15, 0.2) is 30.3 Å². The van der Waals surface area contributed by atoms with E-state index in [4.69, 9.17) is 4.74 Å².